The molecule has 84 valence electrons. The Balaban J connectivity index is 2.31. The number of nitrogens with one attached hydrogen (secondary N) is 1. The number of nitrogen functional groups attached to an aromatic ring is 1. The van der Waals surface area contributed by atoms with E-state index in [-0.39, 0.29) is 0 Å². The Bertz CT molecular complexity index is 283. The molecule has 0 aliphatic heterocycles. The molecular formula is C10H18N4O. The number of nitrogens with zero attached hydrogens (tertiary/aromatic N) is 2. The minimum absolute atomic E-state index is 0.495. The molecule has 0 unspecified atom stereocenters. The Morgan fingerprint density at radius 2 is 2.27 bits per heavy atom. The first-order valence-corrected chi connectivity index (χ1v) is 5.15. The van der Waals surface area contributed by atoms with E-state index in [0.717, 1.165) is 32.0 Å². The molecule has 5 heteroatoms. The molecule has 0 bridgehead atoms. The fourth-order valence-corrected chi connectivity index (χ4v) is 1.22. The maximum atomic E-state index is 5.60. The van der Waals surface area contributed by atoms with E-state index < -0.39 is 0 Å². The molecule has 0 atom stereocenters. The van der Waals surface area contributed by atoms with Crippen molar-refractivity contribution in [1.82, 2.24) is 9.97 Å². The van der Waals surface area contributed by atoms with E-state index >= 15 is 0 Å². The molecular weight excluding hydrogens is 192 g/mol. The maximum absolute atomic E-state index is 5.60. The molecule has 0 radical (unpaired) electrons. The number of nitrogens with two attached hydrogens (primary N) is 1. The van der Waals surface area contributed by atoms with Gasteiger partial charge in [-0.05, 0) is 20.3 Å². The fourth-order valence-electron chi connectivity index (χ4n) is 1.22. The molecule has 1 heterocycles. The van der Waals surface area contributed by atoms with Gasteiger partial charge in [0.1, 0.15) is 17.5 Å². The molecule has 5 nitrogen and oxygen atoms in total. The molecule has 1 rings (SSSR count). The second kappa shape index (κ2) is 6.19. The number of anilines is 2. The highest BCUT2D eigenvalue weighted by atomic mass is 16.5. The third kappa shape index (κ3) is 4.60. The molecule has 0 fully saturated rings. The third-order valence-electron chi connectivity index (χ3n) is 1.83. The van der Waals surface area contributed by atoms with Crippen LogP contribution in [-0.4, -0.2) is 29.7 Å². The number of aromatic nitrogens is 2. The van der Waals surface area contributed by atoms with Crippen LogP contribution < -0.4 is 11.1 Å². The van der Waals surface area contributed by atoms with E-state index in [4.69, 9.17) is 10.5 Å². The van der Waals surface area contributed by atoms with Crippen LogP contribution in [0.15, 0.2) is 6.07 Å². The molecule has 0 amide bonds. The lowest BCUT2D eigenvalue weighted by atomic mass is 10.4. The first-order valence-electron chi connectivity index (χ1n) is 5.15. The van der Waals surface area contributed by atoms with Gasteiger partial charge in [0.15, 0.2) is 0 Å². The summed E-state index contributed by atoms with van der Waals surface area (Å²) in [6.07, 6.45) is 0.955. The van der Waals surface area contributed by atoms with E-state index in [0.29, 0.717) is 11.6 Å². The van der Waals surface area contributed by atoms with Gasteiger partial charge in [-0.2, -0.15) is 0 Å². The Labute approximate surface area is 90.1 Å². The van der Waals surface area contributed by atoms with Crippen molar-refractivity contribution in [2.24, 2.45) is 0 Å². The van der Waals surface area contributed by atoms with Crippen LogP contribution in [0.2, 0.25) is 0 Å². The summed E-state index contributed by atoms with van der Waals surface area (Å²) in [4.78, 5) is 8.20. The van der Waals surface area contributed by atoms with Gasteiger partial charge in [0.2, 0.25) is 0 Å². The van der Waals surface area contributed by atoms with Crippen LogP contribution in [0.1, 0.15) is 19.2 Å². The van der Waals surface area contributed by atoms with E-state index in [1.54, 1.807) is 6.07 Å². The standard InChI is InChI=1S/C10H18N4O/c1-3-15-6-4-5-12-10-7-9(11)13-8(2)14-10/h7H,3-6H2,1-2H3,(H3,11,12,13,14). The highest BCUT2D eigenvalue weighted by Crippen LogP contribution is 2.07. The Morgan fingerprint density at radius 1 is 1.47 bits per heavy atom. The van der Waals surface area contributed by atoms with Crippen molar-refractivity contribution in [3.63, 3.8) is 0 Å². The van der Waals surface area contributed by atoms with Crippen LogP contribution >= 0.6 is 0 Å². The summed E-state index contributed by atoms with van der Waals surface area (Å²) in [5.41, 5.74) is 5.60. The van der Waals surface area contributed by atoms with Crippen LogP contribution in [0.4, 0.5) is 11.6 Å². The summed E-state index contributed by atoms with van der Waals surface area (Å²) in [6.45, 7) is 6.17. The lowest BCUT2D eigenvalue weighted by Gasteiger charge is -2.06. The number of rotatable bonds is 6. The van der Waals surface area contributed by atoms with Crippen molar-refractivity contribution in [3.8, 4) is 0 Å². The zero-order valence-electron chi connectivity index (χ0n) is 9.29. The molecule has 1 aromatic heterocycles. The topological polar surface area (TPSA) is 73.1 Å². The predicted molar refractivity (Wildman–Crippen MR) is 60.8 cm³/mol. The largest absolute Gasteiger partial charge is 0.384 e. The number of hydrogen-bond acceptors (Lipinski definition) is 5. The summed E-state index contributed by atoms with van der Waals surface area (Å²) < 4.78 is 5.22. The van der Waals surface area contributed by atoms with Gasteiger partial charge in [-0.1, -0.05) is 0 Å². The minimum atomic E-state index is 0.495. The SMILES string of the molecule is CCOCCCNc1cc(N)nc(C)n1. The van der Waals surface area contributed by atoms with Crippen molar-refractivity contribution >= 4 is 11.6 Å². The van der Waals surface area contributed by atoms with E-state index in [9.17, 15) is 0 Å². The third-order valence-corrected chi connectivity index (χ3v) is 1.83. The molecule has 0 saturated carbocycles. The van der Waals surface area contributed by atoms with Crippen LogP contribution in [-0.2, 0) is 4.74 Å². The van der Waals surface area contributed by atoms with E-state index in [1.165, 1.54) is 0 Å². The molecule has 0 aliphatic carbocycles. The normalized spacial score (nSPS) is 10.3. The maximum Gasteiger partial charge on any atom is 0.131 e. The van der Waals surface area contributed by atoms with Crippen molar-refractivity contribution in [3.05, 3.63) is 11.9 Å². The lowest BCUT2D eigenvalue weighted by Crippen LogP contribution is -2.08. The molecule has 0 saturated heterocycles. The van der Waals surface area contributed by atoms with Crippen molar-refractivity contribution in [2.45, 2.75) is 20.3 Å². The van der Waals surface area contributed by atoms with Gasteiger partial charge in [-0.15, -0.1) is 0 Å². The van der Waals surface area contributed by atoms with Gasteiger partial charge < -0.3 is 15.8 Å². The summed E-state index contributed by atoms with van der Waals surface area (Å²) >= 11 is 0. The van der Waals surface area contributed by atoms with Gasteiger partial charge in [0.25, 0.3) is 0 Å². The number of aryl methyl sites for hydroxylation is 1. The Morgan fingerprint density at radius 3 is 2.93 bits per heavy atom. The summed E-state index contributed by atoms with van der Waals surface area (Å²) in [7, 11) is 0. The zero-order chi connectivity index (χ0) is 11.1. The van der Waals surface area contributed by atoms with Gasteiger partial charge >= 0.3 is 0 Å². The highest BCUT2D eigenvalue weighted by Gasteiger charge is 1.97. The van der Waals surface area contributed by atoms with Crippen LogP contribution in [0, 0.1) is 6.92 Å². The fraction of sp³-hybridized carbons (Fsp3) is 0.600. The smallest absolute Gasteiger partial charge is 0.131 e. The van der Waals surface area contributed by atoms with Crippen LogP contribution in [0.25, 0.3) is 0 Å². The summed E-state index contributed by atoms with van der Waals surface area (Å²) in [5, 5.41) is 3.17. The van der Waals surface area contributed by atoms with Gasteiger partial charge in [-0.3, -0.25) is 0 Å². The molecule has 3 N–H and O–H groups in total. The van der Waals surface area contributed by atoms with Crippen molar-refractivity contribution in [1.29, 1.82) is 0 Å². The number of ether oxygens (including phenoxy) is 1. The van der Waals surface area contributed by atoms with E-state index in [2.05, 4.69) is 15.3 Å². The Hall–Kier alpha value is -1.36. The number of hydrogen-bond donors (Lipinski definition) is 2. The van der Waals surface area contributed by atoms with Gasteiger partial charge in [0.05, 0.1) is 0 Å². The average molecular weight is 210 g/mol. The second-order valence-electron chi connectivity index (χ2n) is 3.20. The zero-order valence-corrected chi connectivity index (χ0v) is 9.29. The first kappa shape index (κ1) is 11.7. The average Bonchev–Trinajstić information content (AvgIpc) is 2.16. The van der Waals surface area contributed by atoms with Crippen molar-refractivity contribution < 1.29 is 4.74 Å². The lowest BCUT2D eigenvalue weighted by molar-refractivity contribution is 0.147. The van der Waals surface area contributed by atoms with E-state index in [1.807, 2.05) is 13.8 Å². The second-order valence-corrected chi connectivity index (χ2v) is 3.20. The predicted octanol–water partition coefficient (Wildman–Crippen LogP) is 1.21. The van der Waals surface area contributed by atoms with Crippen LogP contribution in [0.5, 0.6) is 0 Å². The molecule has 15 heavy (non-hydrogen) atoms. The minimum Gasteiger partial charge on any atom is -0.384 e. The van der Waals surface area contributed by atoms with Crippen molar-refractivity contribution in [2.75, 3.05) is 30.8 Å². The monoisotopic (exact) mass is 210 g/mol. The molecule has 1 aromatic rings. The van der Waals surface area contributed by atoms with Crippen LogP contribution in [0.3, 0.4) is 0 Å². The van der Waals surface area contributed by atoms with Gasteiger partial charge in [-0.25, -0.2) is 9.97 Å². The summed E-state index contributed by atoms with van der Waals surface area (Å²) in [6, 6.07) is 1.73. The quantitative estimate of drug-likeness (QED) is 0.690. The first-order chi connectivity index (χ1) is 7.22. The van der Waals surface area contributed by atoms with Gasteiger partial charge in [0, 0.05) is 25.8 Å². The highest BCUT2D eigenvalue weighted by molar-refractivity contribution is 5.44. The summed E-state index contributed by atoms with van der Waals surface area (Å²) in [5.74, 6) is 1.95. The Kier molecular flexibility index (Phi) is 4.83. The molecule has 0 aromatic carbocycles. The molecule has 0 aliphatic rings. The molecule has 0 spiro atoms.